The van der Waals surface area contributed by atoms with E-state index in [1.165, 1.54) is 12.1 Å². The number of hydrogen-bond acceptors (Lipinski definition) is 5. The van der Waals surface area contributed by atoms with Gasteiger partial charge in [-0.05, 0) is 18.2 Å². The summed E-state index contributed by atoms with van der Waals surface area (Å²) in [5, 5.41) is 20.2. The second kappa shape index (κ2) is 7.33. The third-order valence-electron chi connectivity index (χ3n) is 2.89. The predicted molar refractivity (Wildman–Crippen MR) is 83.1 cm³/mol. The molecule has 0 aliphatic rings. The molecule has 1 unspecified atom stereocenters. The number of hydrogen-bond donors (Lipinski definition) is 3. The average molecular weight is 373 g/mol. The average Bonchev–Trinajstić information content (AvgIpc) is 2.98. The highest BCUT2D eigenvalue weighted by atomic mass is 35.5. The number of carboxylic acid groups (broad SMARTS) is 2. The van der Waals surface area contributed by atoms with Gasteiger partial charge in [-0.2, -0.15) is 0 Å². The Bertz CT molecular complexity index is 804. The molecule has 126 valence electrons. The van der Waals surface area contributed by atoms with Gasteiger partial charge in [0.25, 0.3) is 5.91 Å². The molecule has 1 atom stereocenters. The van der Waals surface area contributed by atoms with Gasteiger partial charge in [-0.3, -0.25) is 9.59 Å². The van der Waals surface area contributed by atoms with Gasteiger partial charge in [-0.1, -0.05) is 23.2 Å². The standard InChI is InChI=1S/C14H10Cl2N2O6/c15-7-2-1-6(3-8(7)16)13-18-10(5-24-13)12(21)17-9(14(22)23)4-11(19)20/h1-3,5,9H,4H2,(H,17,21)(H,19,20)(H,22,23). The lowest BCUT2D eigenvalue weighted by atomic mass is 10.2. The lowest BCUT2D eigenvalue weighted by Gasteiger charge is -2.10. The molecule has 0 spiro atoms. The maximum atomic E-state index is 12.0. The molecule has 3 N–H and O–H groups in total. The van der Waals surface area contributed by atoms with Crippen LogP contribution in [0.1, 0.15) is 16.9 Å². The molecule has 10 heteroatoms. The molecule has 24 heavy (non-hydrogen) atoms. The van der Waals surface area contributed by atoms with Gasteiger partial charge in [0.05, 0.1) is 16.5 Å². The monoisotopic (exact) mass is 372 g/mol. The van der Waals surface area contributed by atoms with E-state index in [1.54, 1.807) is 6.07 Å². The number of rotatable bonds is 6. The fraction of sp³-hybridized carbons (Fsp3) is 0.143. The van der Waals surface area contributed by atoms with Crippen molar-refractivity contribution in [1.29, 1.82) is 0 Å². The van der Waals surface area contributed by atoms with Crippen LogP contribution in [0, 0.1) is 0 Å². The van der Waals surface area contributed by atoms with Crippen LogP contribution < -0.4 is 5.32 Å². The molecular formula is C14H10Cl2N2O6. The minimum atomic E-state index is -1.58. The Morgan fingerprint density at radius 2 is 1.92 bits per heavy atom. The number of aliphatic carboxylic acids is 2. The summed E-state index contributed by atoms with van der Waals surface area (Å²) in [6, 6.07) is 3.00. The number of aromatic nitrogens is 1. The third-order valence-corrected chi connectivity index (χ3v) is 3.62. The molecule has 0 aliphatic heterocycles. The molecule has 0 saturated carbocycles. The highest BCUT2D eigenvalue weighted by molar-refractivity contribution is 6.42. The molecule has 1 aromatic heterocycles. The first kappa shape index (κ1) is 17.8. The van der Waals surface area contributed by atoms with E-state index in [0.717, 1.165) is 6.26 Å². The zero-order valence-electron chi connectivity index (χ0n) is 11.8. The summed E-state index contributed by atoms with van der Waals surface area (Å²) < 4.78 is 5.15. The van der Waals surface area contributed by atoms with E-state index in [9.17, 15) is 14.4 Å². The van der Waals surface area contributed by atoms with E-state index in [2.05, 4.69) is 10.3 Å². The van der Waals surface area contributed by atoms with Crippen LogP contribution >= 0.6 is 23.2 Å². The second-order valence-electron chi connectivity index (χ2n) is 4.63. The van der Waals surface area contributed by atoms with E-state index in [0.29, 0.717) is 10.6 Å². The van der Waals surface area contributed by atoms with E-state index >= 15 is 0 Å². The number of nitrogens with one attached hydrogen (secondary N) is 1. The number of carboxylic acids is 2. The zero-order chi connectivity index (χ0) is 17.9. The molecule has 1 heterocycles. The number of carbonyl (C=O) groups is 3. The zero-order valence-corrected chi connectivity index (χ0v) is 13.3. The van der Waals surface area contributed by atoms with Crippen LogP contribution in [0.4, 0.5) is 0 Å². The fourth-order valence-corrected chi connectivity index (χ4v) is 2.04. The van der Waals surface area contributed by atoms with Crippen molar-refractivity contribution in [3.05, 3.63) is 40.2 Å². The van der Waals surface area contributed by atoms with Crippen molar-refractivity contribution in [3.63, 3.8) is 0 Å². The Balaban J connectivity index is 2.17. The largest absolute Gasteiger partial charge is 0.481 e. The SMILES string of the molecule is O=C(O)CC(NC(=O)c1coc(-c2ccc(Cl)c(Cl)c2)n1)C(=O)O. The smallest absolute Gasteiger partial charge is 0.326 e. The molecular weight excluding hydrogens is 363 g/mol. The summed E-state index contributed by atoms with van der Waals surface area (Å²) >= 11 is 11.7. The number of carbonyl (C=O) groups excluding carboxylic acids is 1. The molecule has 0 fully saturated rings. The van der Waals surface area contributed by atoms with E-state index in [4.69, 9.17) is 37.8 Å². The molecule has 0 radical (unpaired) electrons. The molecule has 0 saturated heterocycles. The van der Waals surface area contributed by atoms with E-state index < -0.39 is 30.3 Å². The first-order valence-electron chi connectivity index (χ1n) is 6.44. The summed E-state index contributed by atoms with van der Waals surface area (Å²) in [5.41, 5.74) is 0.261. The molecule has 0 aliphatic carbocycles. The summed E-state index contributed by atoms with van der Waals surface area (Å²) in [4.78, 5) is 37.4. The lowest BCUT2D eigenvalue weighted by molar-refractivity contribution is -0.145. The maximum Gasteiger partial charge on any atom is 0.326 e. The highest BCUT2D eigenvalue weighted by Crippen LogP contribution is 2.28. The van der Waals surface area contributed by atoms with Gasteiger partial charge >= 0.3 is 11.9 Å². The van der Waals surface area contributed by atoms with Gasteiger partial charge in [0.2, 0.25) is 5.89 Å². The molecule has 2 aromatic rings. The van der Waals surface area contributed by atoms with E-state index in [1.807, 2.05) is 0 Å². The van der Waals surface area contributed by atoms with Crippen molar-refractivity contribution in [1.82, 2.24) is 10.3 Å². The van der Waals surface area contributed by atoms with Gasteiger partial charge in [0, 0.05) is 5.56 Å². The summed E-state index contributed by atoms with van der Waals surface area (Å²) in [6.45, 7) is 0. The molecule has 2 rings (SSSR count). The molecule has 1 amide bonds. The fourth-order valence-electron chi connectivity index (χ4n) is 1.75. The van der Waals surface area contributed by atoms with Gasteiger partial charge in [-0.25, -0.2) is 9.78 Å². The molecule has 8 nitrogen and oxygen atoms in total. The van der Waals surface area contributed by atoms with Crippen LogP contribution in [-0.2, 0) is 9.59 Å². The second-order valence-corrected chi connectivity index (χ2v) is 5.44. The van der Waals surface area contributed by atoms with Gasteiger partial charge in [0.1, 0.15) is 12.3 Å². The Kier molecular flexibility index (Phi) is 5.42. The topological polar surface area (TPSA) is 130 Å². The van der Waals surface area contributed by atoms with Gasteiger partial charge in [0.15, 0.2) is 5.69 Å². The molecule has 1 aromatic carbocycles. The Hall–Kier alpha value is -2.58. The molecule has 0 bridgehead atoms. The normalized spacial score (nSPS) is 11.8. The minimum Gasteiger partial charge on any atom is -0.481 e. The Morgan fingerprint density at radius 3 is 2.50 bits per heavy atom. The summed E-state index contributed by atoms with van der Waals surface area (Å²) in [6.07, 6.45) is 0.255. The number of nitrogens with zero attached hydrogens (tertiary/aromatic N) is 1. The van der Waals surface area contributed by atoms with Crippen molar-refractivity contribution in [2.75, 3.05) is 0 Å². The Labute approximate surface area is 145 Å². The predicted octanol–water partition coefficient (Wildman–Crippen LogP) is 2.31. The van der Waals surface area contributed by atoms with Crippen molar-refractivity contribution < 1.29 is 29.0 Å². The van der Waals surface area contributed by atoms with E-state index in [-0.39, 0.29) is 16.6 Å². The first-order chi connectivity index (χ1) is 11.3. The number of oxazole rings is 1. The van der Waals surface area contributed by atoms with Crippen LogP contribution in [0.5, 0.6) is 0 Å². The van der Waals surface area contributed by atoms with Crippen molar-refractivity contribution >= 4 is 41.0 Å². The third kappa shape index (κ3) is 4.24. The van der Waals surface area contributed by atoms with Crippen molar-refractivity contribution in [2.45, 2.75) is 12.5 Å². The highest BCUT2D eigenvalue weighted by Gasteiger charge is 2.25. The van der Waals surface area contributed by atoms with Crippen molar-refractivity contribution in [2.24, 2.45) is 0 Å². The van der Waals surface area contributed by atoms with Gasteiger partial charge in [-0.15, -0.1) is 0 Å². The van der Waals surface area contributed by atoms with Crippen LogP contribution in [-0.4, -0.2) is 39.1 Å². The van der Waals surface area contributed by atoms with Crippen molar-refractivity contribution in [3.8, 4) is 11.5 Å². The number of benzene rings is 1. The summed E-state index contributed by atoms with van der Waals surface area (Å²) in [7, 11) is 0. The first-order valence-corrected chi connectivity index (χ1v) is 7.20. The maximum absolute atomic E-state index is 12.0. The lowest BCUT2D eigenvalue weighted by Crippen LogP contribution is -2.42. The number of halogens is 2. The van der Waals surface area contributed by atoms with Gasteiger partial charge < -0.3 is 19.9 Å². The quantitative estimate of drug-likeness (QED) is 0.708. The minimum absolute atomic E-state index is 0.0730. The van der Waals surface area contributed by atoms with Crippen LogP contribution in [0.25, 0.3) is 11.5 Å². The number of amides is 1. The van der Waals surface area contributed by atoms with Crippen LogP contribution in [0.15, 0.2) is 28.9 Å². The Morgan fingerprint density at radius 1 is 1.21 bits per heavy atom. The summed E-state index contributed by atoms with van der Waals surface area (Å²) in [5.74, 6) is -3.64. The van der Waals surface area contributed by atoms with Crippen LogP contribution in [0.2, 0.25) is 10.0 Å². The van der Waals surface area contributed by atoms with Crippen LogP contribution in [0.3, 0.4) is 0 Å².